The van der Waals surface area contributed by atoms with Crippen molar-refractivity contribution >= 4 is 17.4 Å². The summed E-state index contributed by atoms with van der Waals surface area (Å²) in [6.07, 6.45) is 5.19. The summed E-state index contributed by atoms with van der Waals surface area (Å²) >= 11 is 0. The van der Waals surface area contributed by atoms with E-state index in [-0.39, 0.29) is 5.91 Å². The molecule has 24 heavy (non-hydrogen) atoms. The van der Waals surface area contributed by atoms with E-state index >= 15 is 0 Å². The molecule has 0 aliphatic heterocycles. The highest BCUT2D eigenvalue weighted by Gasteiger charge is 2.10. The predicted molar refractivity (Wildman–Crippen MR) is 89.7 cm³/mol. The number of rotatable bonds is 5. The number of pyridine rings is 2. The molecule has 0 fully saturated rings. The van der Waals surface area contributed by atoms with Gasteiger partial charge in [0.2, 0.25) is 0 Å². The number of fused-ring (bicyclic) bond motifs is 1. The molecule has 3 heterocycles. The van der Waals surface area contributed by atoms with Gasteiger partial charge in [-0.3, -0.25) is 4.79 Å². The van der Waals surface area contributed by atoms with E-state index in [1.807, 2.05) is 29.7 Å². The van der Waals surface area contributed by atoms with Crippen LogP contribution in [0.1, 0.15) is 21.6 Å². The maximum absolute atomic E-state index is 12.2. The van der Waals surface area contributed by atoms with Crippen LogP contribution in [0.5, 0.6) is 0 Å². The van der Waals surface area contributed by atoms with Crippen LogP contribution >= 0.6 is 0 Å². The number of nitrogens with zero attached hydrogens (tertiary/aromatic N) is 4. The molecule has 0 spiro atoms. The van der Waals surface area contributed by atoms with E-state index in [1.165, 1.54) is 0 Å². The minimum atomic E-state index is -0.236. The summed E-state index contributed by atoms with van der Waals surface area (Å²) in [4.78, 5) is 20.6. The molecule has 0 atom stereocenters. The van der Waals surface area contributed by atoms with Crippen molar-refractivity contribution in [1.29, 1.82) is 5.26 Å². The lowest BCUT2D eigenvalue weighted by atomic mass is 10.3. The number of carbonyl (C=O) groups is 1. The summed E-state index contributed by atoms with van der Waals surface area (Å²) in [6, 6.07) is 9.34. The van der Waals surface area contributed by atoms with Crippen molar-refractivity contribution in [2.24, 2.45) is 0 Å². The van der Waals surface area contributed by atoms with E-state index in [0.717, 1.165) is 11.2 Å². The Hall–Kier alpha value is -3.40. The van der Waals surface area contributed by atoms with Gasteiger partial charge in [-0.1, -0.05) is 0 Å². The minimum absolute atomic E-state index is 0.236. The third-order valence-corrected chi connectivity index (χ3v) is 3.48. The van der Waals surface area contributed by atoms with Crippen LogP contribution in [-0.2, 0) is 0 Å². The number of anilines is 1. The summed E-state index contributed by atoms with van der Waals surface area (Å²) in [5.74, 6) is 0.275. The van der Waals surface area contributed by atoms with Gasteiger partial charge < -0.3 is 15.0 Å². The largest absolute Gasteiger partial charge is 0.367 e. The van der Waals surface area contributed by atoms with Crippen molar-refractivity contribution < 1.29 is 4.79 Å². The van der Waals surface area contributed by atoms with Crippen molar-refractivity contribution in [1.82, 2.24) is 19.7 Å². The third-order valence-electron chi connectivity index (χ3n) is 3.48. The van der Waals surface area contributed by atoms with Gasteiger partial charge in [0.05, 0.1) is 5.56 Å². The molecule has 0 aliphatic rings. The standard InChI is InChI=1S/C17H16N6O/c1-12-4-8-23-11-14(22-15(23)9-12)17(24)21-7-6-20-16-13(10-18)3-2-5-19-16/h2-5,8-9,11H,6-7H2,1H3,(H,19,20)(H,21,24). The molecule has 1 amide bonds. The smallest absolute Gasteiger partial charge is 0.271 e. The molecule has 0 unspecified atom stereocenters. The number of hydrogen-bond donors (Lipinski definition) is 2. The molecule has 3 rings (SSSR count). The number of aryl methyl sites for hydroxylation is 1. The fourth-order valence-corrected chi connectivity index (χ4v) is 2.28. The van der Waals surface area contributed by atoms with Crippen molar-refractivity contribution in [3.63, 3.8) is 0 Å². The van der Waals surface area contributed by atoms with Crippen molar-refractivity contribution in [2.45, 2.75) is 6.92 Å². The molecule has 3 aromatic heterocycles. The summed E-state index contributed by atoms with van der Waals surface area (Å²) in [6.45, 7) is 2.84. The van der Waals surface area contributed by atoms with Gasteiger partial charge >= 0.3 is 0 Å². The average molecular weight is 320 g/mol. The molecular weight excluding hydrogens is 304 g/mol. The van der Waals surface area contributed by atoms with Gasteiger partial charge in [-0.15, -0.1) is 0 Å². The lowest BCUT2D eigenvalue weighted by molar-refractivity contribution is 0.0951. The van der Waals surface area contributed by atoms with E-state index in [2.05, 4.69) is 26.7 Å². The molecule has 0 saturated heterocycles. The number of amides is 1. The highest BCUT2D eigenvalue weighted by atomic mass is 16.1. The molecule has 7 nitrogen and oxygen atoms in total. The number of nitriles is 1. The second kappa shape index (κ2) is 6.79. The number of imidazole rings is 1. The SMILES string of the molecule is Cc1ccn2cc(C(=O)NCCNc3ncccc3C#N)nc2c1. The van der Waals surface area contributed by atoms with Gasteiger partial charge in [-0.25, -0.2) is 9.97 Å². The van der Waals surface area contributed by atoms with Gasteiger partial charge in [0, 0.05) is 31.7 Å². The van der Waals surface area contributed by atoms with Crippen molar-refractivity contribution in [2.75, 3.05) is 18.4 Å². The van der Waals surface area contributed by atoms with Crippen LogP contribution in [0.3, 0.4) is 0 Å². The van der Waals surface area contributed by atoms with Gasteiger partial charge in [-0.05, 0) is 36.8 Å². The van der Waals surface area contributed by atoms with Crippen molar-refractivity contribution in [3.05, 3.63) is 59.7 Å². The molecule has 0 radical (unpaired) electrons. The van der Waals surface area contributed by atoms with Crippen LogP contribution in [0.2, 0.25) is 0 Å². The Labute approximate surface area is 139 Å². The zero-order chi connectivity index (χ0) is 16.9. The summed E-state index contributed by atoms with van der Waals surface area (Å²) in [5.41, 5.74) is 2.68. The van der Waals surface area contributed by atoms with Gasteiger partial charge in [0.25, 0.3) is 5.91 Å². The second-order valence-corrected chi connectivity index (χ2v) is 5.29. The summed E-state index contributed by atoms with van der Waals surface area (Å²) < 4.78 is 1.81. The molecular formula is C17H16N6O. The van der Waals surface area contributed by atoms with E-state index < -0.39 is 0 Å². The summed E-state index contributed by atoms with van der Waals surface area (Å²) in [5, 5.41) is 14.8. The number of nitrogens with one attached hydrogen (secondary N) is 2. The first-order valence-corrected chi connectivity index (χ1v) is 7.50. The molecule has 2 N–H and O–H groups in total. The lowest BCUT2D eigenvalue weighted by Gasteiger charge is -2.07. The Morgan fingerprint density at radius 2 is 2.25 bits per heavy atom. The minimum Gasteiger partial charge on any atom is -0.367 e. The normalized spacial score (nSPS) is 10.3. The Kier molecular flexibility index (Phi) is 4.38. The van der Waals surface area contributed by atoms with Crippen LogP contribution < -0.4 is 10.6 Å². The molecule has 0 aliphatic carbocycles. The fourth-order valence-electron chi connectivity index (χ4n) is 2.28. The Morgan fingerprint density at radius 3 is 3.08 bits per heavy atom. The average Bonchev–Trinajstić information content (AvgIpc) is 3.02. The molecule has 120 valence electrons. The maximum atomic E-state index is 12.2. The quantitative estimate of drug-likeness (QED) is 0.698. The van der Waals surface area contributed by atoms with Crippen LogP contribution in [0.4, 0.5) is 5.82 Å². The Morgan fingerprint density at radius 1 is 1.38 bits per heavy atom. The monoisotopic (exact) mass is 320 g/mol. The third kappa shape index (κ3) is 3.33. The highest BCUT2D eigenvalue weighted by Crippen LogP contribution is 2.09. The van der Waals surface area contributed by atoms with Crippen LogP contribution in [0.25, 0.3) is 5.65 Å². The Balaban J connectivity index is 1.56. The topological polar surface area (TPSA) is 95.1 Å². The van der Waals surface area contributed by atoms with E-state index in [1.54, 1.807) is 24.5 Å². The zero-order valence-electron chi connectivity index (χ0n) is 13.2. The van der Waals surface area contributed by atoms with E-state index in [4.69, 9.17) is 5.26 Å². The first kappa shape index (κ1) is 15.5. The first-order valence-electron chi connectivity index (χ1n) is 7.50. The highest BCUT2D eigenvalue weighted by molar-refractivity contribution is 5.92. The first-order chi connectivity index (χ1) is 11.7. The zero-order valence-corrected chi connectivity index (χ0v) is 13.2. The van der Waals surface area contributed by atoms with Crippen LogP contribution in [0.15, 0.2) is 42.9 Å². The predicted octanol–water partition coefficient (Wildman–Crippen LogP) is 1.75. The van der Waals surface area contributed by atoms with Gasteiger partial charge in [0.1, 0.15) is 23.2 Å². The summed E-state index contributed by atoms with van der Waals surface area (Å²) in [7, 11) is 0. The molecule has 0 saturated carbocycles. The van der Waals surface area contributed by atoms with Gasteiger partial charge in [-0.2, -0.15) is 5.26 Å². The lowest BCUT2D eigenvalue weighted by Crippen LogP contribution is -2.29. The second-order valence-electron chi connectivity index (χ2n) is 5.29. The van der Waals surface area contributed by atoms with Crippen LogP contribution in [-0.4, -0.2) is 33.4 Å². The van der Waals surface area contributed by atoms with E-state index in [9.17, 15) is 4.79 Å². The molecule has 0 bridgehead atoms. The molecule has 3 aromatic rings. The number of hydrogen-bond acceptors (Lipinski definition) is 5. The molecule has 0 aromatic carbocycles. The Bertz CT molecular complexity index is 924. The number of carbonyl (C=O) groups excluding carboxylic acids is 1. The van der Waals surface area contributed by atoms with E-state index in [0.29, 0.717) is 30.2 Å². The fraction of sp³-hybridized carbons (Fsp3) is 0.176. The van der Waals surface area contributed by atoms with Crippen molar-refractivity contribution in [3.8, 4) is 6.07 Å². The van der Waals surface area contributed by atoms with Crippen LogP contribution in [0, 0.1) is 18.3 Å². The maximum Gasteiger partial charge on any atom is 0.271 e. The van der Waals surface area contributed by atoms with Gasteiger partial charge in [0.15, 0.2) is 0 Å². The number of aromatic nitrogens is 3. The molecule has 7 heteroatoms.